The van der Waals surface area contributed by atoms with E-state index in [9.17, 15) is 0 Å². The van der Waals surface area contributed by atoms with Gasteiger partial charge in [0.2, 0.25) is 0 Å². The van der Waals surface area contributed by atoms with Crippen molar-refractivity contribution in [2.24, 2.45) is 0 Å². The quantitative estimate of drug-likeness (QED) is 0.673. The molecule has 13 heavy (non-hydrogen) atoms. The fraction of sp³-hybridized carbons (Fsp3) is 0.333. The van der Waals surface area contributed by atoms with Crippen LogP contribution in [0.3, 0.4) is 0 Å². The van der Waals surface area contributed by atoms with Crippen molar-refractivity contribution in [3.63, 3.8) is 0 Å². The van der Waals surface area contributed by atoms with Crippen LogP contribution in [0.4, 0.5) is 0 Å². The predicted octanol–water partition coefficient (Wildman–Crippen LogP) is 0.776. The van der Waals surface area contributed by atoms with Gasteiger partial charge in [0.15, 0.2) is 0 Å². The van der Waals surface area contributed by atoms with E-state index in [-0.39, 0.29) is 5.92 Å². The van der Waals surface area contributed by atoms with Crippen LogP contribution in [0, 0.1) is 0 Å². The van der Waals surface area contributed by atoms with E-state index in [2.05, 4.69) is 4.65 Å². The van der Waals surface area contributed by atoms with E-state index in [1.165, 1.54) is 0 Å². The minimum absolute atomic E-state index is 0.169. The molecule has 1 aromatic rings. The van der Waals surface area contributed by atoms with Gasteiger partial charge < -0.3 is 14.7 Å². The SMILES string of the molecule is CC(COB(O)O)c1ccccc1. The van der Waals surface area contributed by atoms with E-state index in [0.29, 0.717) is 6.61 Å². The van der Waals surface area contributed by atoms with Gasteiger partial charge in [0.1, 0.15) is 0 Å². The van der Waals surface area contributed by atoms with Crippen molar-refractivity contribution in [1.29, 1.82) is 0 Å². The van der Waals surface area contributed by atoms with Crippen LogP contribution < -0.4 is 0 Å². The molecular weight excluding hydrogens is 167 g/mol. The Morgan fingerprint density at radius 1 is 1.31 bits per heavy atom. The van der Waals surface area contributed by atoms with Crippen LogP contribution in [0.1, 0.15) is 18.4 Å². The lowest BCUT2D eigenvalue weighted by Gasteiger charge is -2.11. The molecule has 0 radical (unpaired) electrons. The molecule has 3 nitrogen and oxygen atoms in total. The Balaban J connectivity index is 2.44. The van der Waals surface area contributed by atoms with Gasteiger partial charge in [-0.15, -0.1) is 0 Å². The predicted molar refractivity (Wildman–Crippen MR) is 51.0 cm³/mol. The molecule has 1 unspecified atom stereocenters. The Morgan fingerprint density at radius 3 is 2.46 bits per heavy atom. The van der Waals surface area contributed by atoms with E-state index in [1.807, 2.05) is 37.3 Å². The molecular formula is C9H13BO3. The van der Waals surface area contributed by atoms with Gasteiger partial charge in [0.25, 0.3) is 0 Å². The summed E-state index contributed by atoms with van der Waals surface area (Å²) < 4.78 is 4.67. The standard InChI is InChI=1S/C9H13BO3/c1-8(7-13-10(11)12)9-5-3-2-4-6-9/h2-6,8,11-12H,7H2,1H3. The third-order valence-corrected chi connectivity index (χ3v) is 1.86. The average molecular weight is 180 g/mol. The maximum Gasteiger partial charge on any atom is 0.633 e. The molecule has 2 N–H and O–H groups in total. The van der Waals surface area contributed by atoms with Crippen LogP contribution in [-0.2, 0) is 4.65 Å². The Morgan fingerprint density at radius 2 is 1.92 bits per heavy atom. The van der Waals surface area contributed by atoms with Crippen LogP contribution in [0.15, 0.2) is 30.3 Å². The van der Waals surface area contributed by atoms with Crippen molar-refractivity contribution >= 4 is 7.32 Å². The Kier molecular flexibility index (Phi) is 3.95. The van der Waals surface area contributed by atoms with Crippen LogP contribution >= 0.6 is 0 Å². The zero-order valence-corrected chi connectivity index (χ0v) is 7.55. The van der Waals surface area contributed by atoms with Gasteiger partial charge in [-0.25, -0.2) is 0 Å². The minimum Gasteiger partial charge on any atom is -0.402 e. The summed E-state index contributed by atoms with van der Waals surface area (Å²) in [6.45, 7) is 2.28. The van der Waals surface area contributed by atoms with Gasteiger partial charge in [-0.05, 0) is 5.56 Å². The zero-order chi connectivity index (χ0) is 9.68. The number of rotatable bonds is 4. The van der Waals surface area contributed by atoms with Gasteiger partial charge in [0.05, 0.1) is 0 Å². The Bertz CT molecular complexity index is 238. The zero-order valence-electron chi connectivity index (χ0n) is 7.55. The first-order valence-electron chi connectivity index (χ1n) is 4.23. The molecule has 1 rings (SSSR count). The van der Waals surface area contributed by atoms with Crippen LogP contribution in [0.5, 0.6) is 0 Å². The molecule has 0 heterocycles. The first-order chi connectivity index (χ1) is 6.20. The number of benzene rings is 1. The topological polar surface area (TPSA) is 49.7 Å². The van der Waals surface area contributed by atoms with Crippen molar-refractivity contribution in [2.75, 3.05) is 6.61 Å². The summed E-state index contributed by atoms with van der Waals surface area (Å²) >= 11 is 0. The van der Waals surface area contributed by atoms with Gasteiger partial charge in [0, 0.05) is 12.5 Å². The van der Waals surface area contributed by atoms with E-state index >= 15 is 0 Å². The molecule has 0 bridgehead atoms. The lowest BCUT2D eigenvalue weighted by molar-refractivity contribution is 0.176. The molecule has 0 saturated heterocycles. The second kappa shape index (κ2) is 5.02. The number of hydrogen-bond acceptors (Lipinski definition) is 3. The first kappa shape index (κ1) is 10.2. The van der Waals surface area contributed by atoms with Crippen LogP contribution in [-0.4, -0.2) is 24.0 Å². The van der Waals surface area contributed by atoms with Gasteiger partial charge in [-0.2, -0.15) is 0 Å². The monoisotopic (exact) mass is 180 g/mol. The third-order valence-electron chi connectivity index (χ3n) is 1.86. The molecule has 0 aromatic heterocycles. The Labute approximate surface area is 78.2 Å². The molecule has 0 aliphatic heterocycles. The molecule has 0 fully saturated rings. The summed E-state index contributed by atoms with van der Waals surface area (Å²) in [5.41, 5.74) is 1.13. The first-order valence-corrected chi connectivity index (χ1v) is 4.23. The summed E-state index contributed by atoms with van der Waals surface area (Å²) in [6.07, 6.45) is 0. The summed E-state index contributed by atoms with van der Waals surface area (Å²) in [4.78, 5) is 0. The lowest BCUT2D eigenvalue weighted by atomic mass is 10.0. The van der Waals surface area contributed by atoms with Gasteiger partial charge in [-0.1, -0.05) is 37.3 Å². The van der Waals surface area contributed by atoms with Gasteiger partial charge >= 0.3 is 7.32 Å². The molecule has 0 aliphatic carbocycles. The number of hydrogen-bond donors (Lipinski definition) is 2. The van der Waals surface area contributed by atoms with E-state index < -0.39 is 7.32 Å². The Hall–Kier alpha value is -0.835. The molecule has 0 amide bonds. The van der Waals surface area contributed by atoms with Crippen molar-refractivity contribution in [2.45, 2.75) is 12.8 Å². The summed E-state index contributed by atoms with van der Waals surface area (Å²) in [5.74, 6) is 0.169. The summed E-state index contributed by atoms with van der Waals surface area (Å²) in [5, 5.41) is 17.0. The fourth-order valence-electron chi connectivity index (χ4n) is 1.11. The molecule has 1 aromatic carbocycles. The molecule has 1 atom stereocenters. The van der Waals surface area contributed by atoms with E-state index in [4.69, 9.17) is 10.0 Å². The smallest absolute Gasteiger partial charge is 0.402 e. The normalized spacial score (nSPS) is 12.5. The molecule has 4 heteroatoms. The highest BCUT2D eigenvalue weighted by Gasteiger charge is 2.11. The van der Waals surface area contributed by atoms with E-state index in [0.717, 1.165) is 5.56 Å². The van der Waals surface area contributed by atoms with E-state index in [1.54, 1.807) is 0 Å². The maximum absolute atomic E-state index is 8.48. The lowest BCUT2D eigenvalue weighted by Crippen LogP contribution is -2.20. The molecule has 0 spiro atoms. The largest absolute Gasteiger partial charge is 0.633 e. The molecule has 0 aliphatic rings. The fourth-order valence-corrected chi connectivity index (χ4v) is 1.11. The highest BCUT2D eigenvalue weighted by Crippen LogP contribution is 2.14. The highest BCUT2D eigenvalue weighted by atomic mass is 16.6. The third kappa shape index (κ3) is 3.59. The second-order valence-electron chi connectivity index (χ2n) is 2.97. The van der Waals surface area contributed by atoms with Gasteiger partial charge in [-0.3, -0.25) is 0 Å². The molecule has 70 valence electrons. The van der Waals surface area contributed by atoms with Crippen molar-refractivity contribution in [3.05, 3.63) is 35.9 Å². The summed E-state index contributed by atoms with van der Waals surface area (Å²) in [6, 6.07) is 9.80. The van der Waals surface area contributed by atoms with Crippen molar-refractivity contribution < 1.29 is 14.7 Å². The maximum atomic E-state index is 8.48. The minimum atomic E-state index is -1.67. The highest BCUT2D eigenvalue weighted by molar-refractivity contribution is 6.32. The second-order valence-corrected chi connectivity index (χ2v) is 2.97. The van der Waals surface area contributed by atoms with Crippen molar-refractivity contribution in [3.8, 4) is 0 Å². The van der Waals surface area contributed by atoms with Crippen LogP contribution in [0.25, 0.3) is 0 Å². The summed E-state index contributed by atoms with van der Waals surface area (Å²) in [7, 11) is -1.67. The average Bonchev–Trinajstić information content (AvgIpc) is 2.15. The van der Waals surface area contributed by atoms with Crippen LogP contribution in [0.2, 0.25) is 0 Å². The molecule has 0 saturated carbocycles. The van der Waals surface area contributed by atoms with Crippen molar-refractivity contribution in [1.82, 2.24) is 0 Å².